The molecule has 2 aromatic heterocycles. The molecule has 29 heavy (non-hydrogen) atoms. The molecule has 3 atom stereocenters. The number of aromatic nitrogens is 3. The smallest absolute Gasteiger partial charge is 0.164 e. The van der Waals surface area contributed by atoms with E-state index < -0.39 is 17.7 Å². The highest BCUT2D eigenvalue weighted by molar-refractivity contribution is 5.94. The van der Waals surface area contributed by atoms with Crippen LogP contribution in [-0.4, -0.2) is 40.5 Å². The summed E-state index contributed by atoms with van der Waals surface area (Å²) >= 11 is 0. The molecule has 2 unspecified atom stereocenters. The van der Waals surface area contributed by atoms with Crippen molar-refractivity contribution in [1.29, 1.82) is 0 Å². The average Bonchev–Trinajstić information content (AvgIpc) is 2.71. The predicted octanol–water partition coefficient (Wildman–Crippen LogP) is 3.76. The lowest BCUT2D eigenvalue weighted by Gasteiger charge is -2.47. The molecule has 2 bridgehead atoms. The van der Waals surface area contributed by atoms with Crippen molar-refractivity contribution in [3.8, 4) is 0 Å². The van der Waals surface area contributed by atoms with E-state index in [9.17, 15) is 8.78 Å². The first kappa shape index (κ1) is 18.2. The van der Waals surface area contributed by atoms with Crippen LogP contribution in [0.5, 0.6) is 0 Å². The largest absolute Gasteiger partial charge is 0.371 e. The molecule has 150 valence electrons. The summed E-state index contributed by atoms with van der Waals surface area (Å²) in [5, 5.41) is 13.4. The minimum absolute atomic E-state index is 0.239. The van der Waals surface area contributed by atoms with E-state index in [0.717, 1.165) is 47.9 Å². The Kier molecular flexibility index (Phi) is 4.31. The van der Waals surface area contributed by atoms with Gasteiger partial charge in [0.15, 0.2) is 17.5 Å². The molecule has 3 aliphatic heterocycles. The van der Waals surface area contributed by atoms with Gasteiger partial charge in [-0.3, -0.25) is 0 Å². The molecule has 6 nitrogen and oxygen atoms in total. The zero-order chi connectivity index (χ0) is 20.1. The Morgan fingerprint density at radius 3 is 2.69 bits per heavy atom. The summed E-state index contributed by atoms with van der Waals surface area (Å²) in [7, 11) is 0. The number of nitrogens with one attached hydrogen (secondary N) is 1. The minimum Gasteiger partial charge on any atom is -0.371 e. The van der Waals surface area contributed by atoms with Gasteiger partial charge in [-0.15, -0.1) is 5.10 Å². The second kappa shape index (κ2) is 6.88. The van der Waals surface area contributed by atoms with Crippen molar-refractivity contribution in [3.63, 3.8) is 0 Å². The highest BCUT2D eigenvalue weighted by Gasteiger charge is 2.38. The van der Waals surface area contributed by atoms with E-state index in [1.165, 1.54) is 6.07 Å². The van der Waals surface area contributed by atoms with Crippen LogP contribution >= 0.6 is 0 Å². The summed E-state index contributed by atoms with van der Waals surface area (Å²) in [6, 6.07) is 5.67. The first-order chi connectivity index (χ1) is 14.0. The first-order valence-electron chi connectivity index (χ1n) is 9.73. The summed E-state index contributed by atoms with van der Waals surface area (Å²) < 4.78 is 33.5. The summed E-state index contributed by atoms with van der Waals surface area (Å²) in [5.41, 5.74) is 1.00. The van der Waals surface area contributed by atoms with Gasteiger partial charge in [0, 0.05) is 42.0 Å². The van der Waals surface area contributed by atoms with Gasteiger partial charge in [-0.2, -0.15) is 5.10 Å². The van der Waals surface area contributed by atoms with Crippen LogP contribution in [0.3, 0.4) is 0 Å². The maximum Gasteiger partial charge on any atom is 0.164 e. The van der Waals surface area contributed by atoms with Crippen molar-refractivity contribution in [2.24, 2.45) is 0 Å². The van der Waals surface area contributed by atoms with Crippen LogP contribution in [0, 0.1) is 18.6 Å². The fourth-order valence-corrected chi connectivity index (χ4v) is 4.12. The SMILES string of the molecule is Cc1nnc(N[C@H](C)c2cccc(F)c2F)c2cc(N3CC4CC(C3)O4)ncc12. The molecular weight excluding hydrogens is 376 g/mol. The second-order valence-electron chi connectivity index (χ2n) is 7.75. The zero-order valence-corrected chi connectivity index (χ0v) is 16.2. The van der Waals surface area contributed by atoms with Crippen molar-refractivity contribution in [3.05, 3.63) is 53.4 Å². The van der Waals surface area contributed by atoms with Gasteiger partial charge in [-0.1, -0.05) is 12.1 Å². The van der Waals surface area contributed by atoms with E-state index >= 15 is 0 Å². The minimum atomic E-state index is -0.867. The predicted molar refractivity (Wildman–Crippen MR) is 106 cm³/mol. The molecule has 0 radical (unpaired) electrons. The summed E-state index contributed by atoms with van der Waals surface area (Å²) in [4.78, 5) is 6.83. The number of morpholine rings is 1. The number of pyridine rings is 1. The van der Waals surface area contributed by atoms with E-state index in [1.807, 2.05) is 13.0 Å². The Labute approximate surface area is 166 Å². The molecule has 8 heteroatoms. The molecule has 3 saturated heterocycles. The number of hydrogen-bond donors (Lipinski definition) is 1. The van der Waals surface area contributed by atoms with E-state index in [-0.39, 0.29) is 17.8 Å². The number of benzene rings is 1. The zero-order valence-electron chi connectivity index (χ0n) is 16.2. The van der Waals surface area contributed by atoms with Crippen LogP contribution in [0.4, 0.5) is 20.4 Å². The van der Waals surface area contributed by atoms with Crippen LogP contribution in [-0.2, 0) is 4.74 Å². The molecule has 3 fully saturated rings. The monoisotopic (exact) mass is 397 g/mol. The third-order valence-corrected chi connectivity index (χ3v) is 5.72. The van der Waals surface area contributed by atoms with Crippen LogP contribution in [0.15, 0.2) is 30.5 Å². The maximum absolute atomic E-state index is 14.2. The van der Waals surface area contributed by atoms with E-state index in [2.05, 4.69) is 25.4 Å². The fraction of sp³-hybridized carbons (Fsp3) is 0.381. The standard InChI is InChI=1S/C21H21F2N5O/c1-11(15-4-3-5-18(22)20(15)23)25-21-16-7-19(24-8-17(16)12(2)26-27-21)28-9-13-6-14(10-28)29-13/h3-5,7-8,11,13-14H,6,9-10H2,1-2H3,(H,25,27)/t11-,13?,14?/m1/s1. The number of aryl methyl sites for hydroxylation is 1. The topological polar surface area (TPSA) is 63.2 Å². The molecule has 6 rings (SSSR count). The molecule has 1 N–H and O–H groups in total. The molecule has 0 saturated carbocycles. The number of anilines is 2. The van der Waals surface area contributed by atoms with E-state index in [1.54, 1.807) is 19.2 Å². The third kappa shape index (κ3) is 3.17. The first-order valence-corrected chi connectivity index (χ1v) is 9.73. The average molecular weight is 397 g/mol. The number of hydrogen-bond acceptors (Lipinski definition) is 6. The van der Waals surface area contributed by atoms with Crippen molar-refractivity contribution in [1.82, 2.24) is 15.2 Å². The van der Waals surface area contributed by atoms with Crippen molar-refractivity contribution in [2.75, 3.05) is 23.3 Å². The third-order valence-electron chi connectivity index (χ3n) is 5.72. The van der Waals surface area contributed by atoms with Crippen molar-refractivity contribution < 1.29 is 13.5 Å². The molecule has 0 spiro atoms. The van der Waals surface area contributed by atoms with E-state index in [0.29, 0.717) is 5.82 Å². The van der Waals surface area contributed by atoms with Gasteiger partial charge in [0.2, 0.25) is 0 Å². The number of ether oxygens (including phenoxy) is 1. The number of fused-ring (bicyclic) bond motifs is 3. The van der Waals surface area contributed by atoms with Crippen LogP contribution in [0.1, 0.15) is 30.6 Å². The molecule has 5 heterocycles. The Bertz CT molecular complexity index is 1080. The van der Waals surface area contributed by atoms with Crippen LogP contribution < -0.4 is 10.2 Å². The van der Waals surface area contributed by atoms with Gasteiger partial charge in [0.05, 0.1) is 23.9 Å². The number of piperidine rings is 1. The van der Waals surface area contributed by atoms with Gasteiger partial charge in [0.1, 0.15) is 5.82 Å². The second-order valence-corrected chi connectivity index (χ2v) is 7.75. The quantitative estimate of drug-likeness (QED) is 0.723. The molecule has 3 aromatic rings. The van der Waals surface area contributed by atoms with Crippen molar-refractivity contribution in [2.45, 2.75) is 38.5 Å². The Balaban J connectivity index is 1.50. The molecule has 0 aliphatic carbocycles. The number of nitrogens with zero attached hydrogens (tertiary/aromatic N) is 4. The van der Waals surface area contributed by atoms with Gasteiger partial charge in [-0.05, 0) is 26.0 Å². The lowest BCUT2D eigenvalue weighted by atomic mass is 9.98. The Hall–Kier alpha value is -2.87. The fourth-order valence-electron chi connectivity index (χ4n) is 4.12. The summed E-state index contributed by atoms with van der Waals surface area (Å²) in [5.74, 6) is -0.348. The number of rotatable bonds is 4. The highest BCUT2D eigenvalue weighted by Crippen LogP contribution is 2.33. The van der Waals surface area contributed by atoms with Gasteiger partial charge < -0.3 is 15.0 Å². The summed E-state index contributed by atoms with van der Waals surface area (Å²) in [6.45, 7) is 5.28. The van der Waals surface area contributed by atoms with Gasteiger partial charge in [-0.25, -0.2) is 13.8 Å². The Morgan fingerprint density at radius 1 is 1.17 bits per heavy atom. The molecule has 1 aromatic carbocycles. The van der Waals surface area contributed by atoms with Gasteiger partial charge in [0.25, 0.3) is 0 Å². The van der Waals surface area contributed by atoms with Crippen LogP contribution in [0.25, 0.3) is 10.8 Å². The van der Waals surface area contributed by atoms with Crippen LogP contribution in [0.2, 0.25) is 0 Å². The summed E-state index contributed by atoms with van der Waals surface area (Å²) in [6.07, 6.45) is 3.46. The molecule has 3 aliphatic rings. The molecular formula is C21H21F2N5O. The normalized spacial score (nSPS) is 21.7. The Morgan fingerprint density at radius 2 is 1.93 bits per heavy atom. The lowest BCUT2D eigenvalue weighted by Crippen LogP contribution is -2.57. The maximum atomic E-state index is 14.2. The van der Waals surface area contributed by atoms with Crippen molar-refractivity contribution >= 4 is 22.4 Å². The highest BCUT2D eigenvalue weighted by atomic mass is 19.2. The van der Waals surface area contributed by atoms with Gasteiger partial charge >= 0.3 is 0 Å². The lowest BCUT2D eigenvalue weighted by molar-refractivity contribution is -0.133. The van der Waals surface area contributed by atoms with E-state index in [4.69, 9.17) is 4.74 Å². The number of halogens is 2. The molecule has 0 amide bonds.